The zero-order chi connectivity index (χ0) is 22.7. The lowest BCUT2D eigenvalue weighted by Gasteiger charge is -2.39. The summed E-state index contributed by atoms with van der Waals surface area (Å²) in [6.07, 6.45) is 5.95. The van der Waals surface area contributed by atoms with Crippen molar-refractivity contribution >= 4 is 17.1 Å². The molecule has 0 N–H and O–H groups in total. The van der Waals surface area contributed by atoms with Crippen molar-refractivity contribution in [2.24, 2.45) is 0 Å². The van der Waals surface area contributed by atoms with E-state index in [1.807, 2.05) is 6.20 Å². The van der Waals surface area contributed by atoms with Crippen LogP contribution in [-0.4, -0.2) is 4.98 Å². The molecule has 164 valence electrons. The predicted octanol–water partition coefficient (Wildman–Crippen LogP) is 7.50. The lowest BCUT2D eigenvalue weighted by Crippen LogP contribution is -2.25. The zero-order valence-electron chi connectivity index (χ0n) is 19.3. The smallest absolute Gasteiger partial charge is 0.0716 e. The highest BCUT2D eigenvalue weighted by Gasteiger charge is 2.35. The van der Waals surface area contributed by atoms with Gasteiger partial charge in [-0.2, -0.15) is 0 Å². The molecule has 0 spiro atoms. The van der Waals surface area contributed by atoms with Crippen molar-refractivity contribution in [2.45, 2.75) is 25.7 Å². The second-order valence-corrected chi connectivity index (χ2v) is 10.4. The Morgan fingerprint density at radius 1 is 0.543 bits per heavy atom. The highest BCUT2D eigenvalue weighted by Crippen LogP contribution is 2.54. The van der Waals surface area contributed by atoms with E-state index in [1.54, 1.807) is 0 Å². The SMILES string of the molecule is c1ccc2c(c1)Cc1cc3c(cc1-2)Cc1ccc2c(c1-3)Cc1ccnc3c1N2c1ccccc1C3. The zero-order valence-corrected chi connectivity index (χ0v) is 19.3. The average molecular weight is 447 g/mol. The third kappa shape index (κ3) is 2.27. The molecule has 0 bridgehead atoms. The summed E-state index contributed by atoms with van der Waals surface area (Å²) in [5, 5.41) is 0. The monoisotopic (exact) mass is 446 g/mol. The quantitative estimate of drug-likeness (QED) is 0.240. The molecule has 0 saturated carbocycles. The van der Waals surface area contributed by atoms with Gasteiger partial charge in [0.2, 0.25) is 0 Å². The number of rotatable bonds is 0. The maximum absolute atomic E-state index is 4.81. The Bertz CT molecular complexity index is 1760. The molecular weight excluding hydrogens is 424 g/mol. The third-order valence-corrected chi connectivity index (χ3v) is 8.55. The summed E-state index contributed by atoms with van der Waals surface area (Å²) in [5.74, 6) is 0. The van der Waals surface area contributed by atoms with Crippen LogP contribution in [0.5, 0.6) is 0 Å². The summed E-state index contributed by atoms with van der Waals surface area (Å²) in [4.78, 5) is 7.31. The number of para-hydroxylation sites is 1. The van der Waals surface area contributed by atoms with E-state index in [0.29, 0.717) is 0 Å². The minimum Gasteiger partial charge on any atom is -0.308 e. The van der Waals surface area contributed by atoms with Gasteiger partial charge in [0.15, 0.2) is 0 Å². The summed E-state index contributed by atoms with van der Waals surface area (Å²) in [7, 11) is 0. The van der Waals surface area contributed by atoms with Crippen LogP contribution in [0.2, 0.25) is 0 Å². The average Bonchev–Trinajstić information content (AvgIpc) is 3.44. The molecule has 0 amide bonds. The van der Waals surface area contributed by atoms with Gasteiger partial charge in [0.05, 0.1) is 17.1 Å². The number of aromatic nitrogens is 1. The van der Waals surface area contributed by atoms with Gasteiger partial charge in [0.25, 0.3) is 0 Å². The molecule has 2 heteroatoms. The third-order valence-electron chi connectivity index (χ3n) is 8.55. The Kier molecular flexibility index (Phi) is 3.27. The lowest BCUT2D eigenvalue weighted by atomic mass is 9.85. The number of pyridine rings is 1. The summed E-state index contributed by atoms with van der Waals surface area (Å²) in [6, 6.07) is 29.7. The fraction of sp³-hybridized carbons (Fsp3) is 0.121. The van der Waals surface area contributed by atoms with Crippen LogP contribution in [0.15, 0.2) is 85.1 Å². The van der Waals surface area contributed by atoms with Gasteiger partial charge in [0.1, 0.15) is 0 Å². The fourth-order valence-electron chi connectivity index (χ4n) is 7.08. The topological polar surface area (TPSA) is 16.1 Å². The van der Waals surface area contributed by atoms with E-state index in [-0.39, 0.29) is 0 Å². The molecular formula is C33H22N2. The van der Waals surface area contributed by atoms with Gasteiger partial charge in [0, 0.05) is 24.7 Å². The van der Waals surface area contributed by atoms with Crippen molar-refractivity contribution in [3.63, 3.8) is 0 Å². The lowest BCUT2D eigenvalue weighted by molar-refractivity contribution is 0.960. The van der Waals surface area contributed by atoms with E-state index in [0.717, 1.165) is 25.7 Å². The highest BCUT2D eigenvalue weighted by molar-refractivity contribution is 5.95. The van der Waals surface area contributed by atoms with Gasteiger partial charge in [-0.15, -0.1) is 0 Å². The molecule has 35 heavy (non-hydrogen) atoms. The largest absolute Gasteiger partial charge is 0.308 e. The fourth-order valence-corrected chi connectivity index (χ4v) is 7.08. The van der Waals surface area contributed by atoms with Crippen LogP contribution < -0.4 is 4.90 Å². The van der Waals surface area contributed by atoms with Gasteiger partial charge in [-0.1, -0.05) is 48.5 Å². The van der Waals surface area contributed by atoms with E-state index in [1.165, 1.54) is 84.0 Å². The van der Waals surface area contributed by atoms with Gasteiger partial charge in [-0.25, -0.2) is 0 Å². The van der Waals surface area contributed by atoms with Gasteiger partial charge in [-0.3, -0.25) is 4.98 Å². The van der Waals surface area contributed by atoms with E-state index in [9.17, 15) is 0 Å². The van der Waals surface area contributed by atoms with Crippen molar-refractivity contribution in [1.82, 2.24) is 4.98 Å². The van der Waals surface area contributed by atoms with Gasteiger partial charge < -0.3 is 4.90 Å². The van der Waals surface area contributed by atoms with Crippen LogP contribution in [0.3, 0.4) is 0 Å². The molecule has 2 nitrogen and oxygen atoms in total. The van der Waals surface area contributed by atoms with Crippen LogP contribution >= 0.6 is 0 Å². The van der Waals surface area contributed by atoms with Crippen LogP contribution in [-0.2, 0) is 25.7 Å². The number of fused-ring (bicyclic) bond motifs is 11. The second kappa shape index (κ2) is 6.28. The van der Waals surface area contributed by atoms with Crippen molar-refractivity contribution in [3.8, 4) is 22.3 Å². The van der Waals surface area contributed by atoms with Crippen molar-refractivity contribution in [3.05, 3.63) is 130 Å². The molecule has 0 saturated heterocycles. The summed E-state index contributed by atoms with van der Waals surface area (Å²) in [6.45, 7) is 0. The summed E-state index contributed by atoms with van der Waals surface area (Å²) >= 11 is 0. The first-order chi connectivity index (χ1) is 17.3. The molecule has 0 unspecified atom stereocenters. The Labute approximate surface area is 204 Å². The summed E-state index contributed by atoms with van der Waals surface area (Å²) < 4.78 is 0. The molecule has 2 aliphatic heterocycles. The van der Waals surface area contributed by atoms with E-state index < -0.39 is 0 Å². The number of hydrogen-bond donors (Lipinski definition) is 0. The first kappa shape index (κ1) is 18.2. The molecule has 5 aromatic rings. The van der Waals surface area contributed by atoms with Crippen LogP contribution in [0.1, 0.15) is 44.6 Å². The van der Waals surface area contributed by atoms with E-state index in [4.69, 9.17) is 4.98 Å². The molecule has 0 radical (unpaired) electrons. The maximum atomic E-state index is 4.81. The van der Waals surface area contributed by atoms with Gasteiger partial charge in [-0.05, 0) is 104 Å². The molecule has 4 aromatic carbocycles. The first-order valence-corrected chi connectivity index (χ1v) is 12.6. The second-order valence-electron chi connectivity index (χ2n) is 10.4. The summed E-state index contributed by atoms with van der Waals surface area (Å²) in [5.41, 5.74) is 21.0. The molecule has 4 aliphatic rings. The standard InChI is InChI=1S/C33H22N2/c1-3-7-25-19(5-1)13-23-17-27-24(16-26(23)25)14-21-9-10-31-28(32(21)27)15-22-11-12-34-29-18-20-6-2-4-8-30(20)35(31)33(22)29/h1-12,16-17H,13-15,18H2. The molecule has 2 aliphatic carbocycles. The molecule has 3 heterocycles. The Balaban J connectivity index is 1.28. The number of benzene rings is 4. The number of nitrogens with zero attached hydrogens (tertiary/aromatic N) is 2. The Hall–Kier alpha value is -4.17. The van der Waals surface area contributed by atoms with Crippen molar-refractivity contribution < 1.29 is 0 Å². The van der Waals surface area contributed by atoms with Crippen molar-refractivity contribution in [2.75, 3.05) is 4.90 Å². The maximum Gasteiger partial charge on any atom is 0.0716 e. The Morgan fingerprint density at radius 3 is 2.31 bits per heavy atom. The normalized spacial score (nSPS) is 14.9. The van der Waals surface area contributed by atoms with Crippen LogP contribution in [0, 0.1) is 0 Å². The van der Waals surface area contributed by atoms with E-state index in [2.05, 4.69) is 83.8 Å². The molecule has 9 rings (SSSR count). The van der Waals surface area contributed by atoms with Crippen molar-refractivity contribution in [1.29, 1.82) is 0 Å². The first-order valence-electron chi connectivity index (χ1n) is 12.6. The van der Waals surface area contributed by atoms with Crippen LogP contribution in [0.4, 0.5) is 17.1 Å². The molecule has 0 fully saturated rings. The number of anilines is 3. The number of hydrogen-bond acceptors (Lipinski definition) is 2. The van der Waals surface area contributed by atoms with E-state index >= 15 is 0 Å². The van der Waals surface area contributed by atoms with Crippen LogP contribution in [0.25, 0.3) is 22.3 Å². The predicted molar refractivity (Wildman–Crippen MR) is 141 cm³/mol. The minimum atomic E-state index is 0.908. The minimum absolute atomic E-state index is 0.908. The molecule has 1 aromatic heterocycles. The molecule has 0 atom stereocenters. The Morgan fingerprint density at radius 2 is 1.34 bits per heavy atom. The van der Waals surface area contributed by atoms with Gasteiger partial charge >= 0.3 is 0 Å². The highest BCUT2D eigenvalue weighted by atomic mass is 15.2.